The zero-order chi connectivity index (χ0) is 21.9. The predicted molar refractivity (Wildman–Crippen MR) is 119 cm³/mol. The lowest BCUT2D eigenvalue weighted by Crippen LogP contribution is -2.43. The van der Waals surface area contributed by atoms with E-state index in [1.54, 1.807) is 62.6 Å². The average molecular weight is 494 g/mol. The van der Waals surface area contributed by atoms with Crippen molar-refractivity contribution in [3.05, 3.63) is 58.6 Å². The number of carbonyl (C=O) groups is 2. The summed E-state index contributed by atoms with van der Waals surface area (Å²) in [6.45, 7) is 0.509. The first-order valence-corrected chi connectivity index (χ1v) is 11.8. The molecule has 1 aliphatic heterocycles. The summed E-state index contributed by atoms with van der Waals surface area (Å²) >= 11 is 3.31. The molecule has 160 valence electrons. The van der Waals surface area contributed by atoms with Gasteiger partial charge in [-0.05, 0) is 55.3 Å². The van der Waals surface area contributed by atoms with E-state index in [0.29, 0.717) is 30.6 Å². The van der Waals surface area contributed by atoms with Gasteiger partial charge in [0.15, 0.2) is 0 Å². The maximum Gasteiger partial charge on any atom is 0.253 e. The normalized spacial score (nSPS) is 17.4. The number of piperidine rings is 1. The summed E-state index contributed by atoms with van der Waals surface area (Å²) < 4.78 is 28.1. The highest BCUT2D eigenvalue weighted by Gasteiger charge is 2.33. The van der Waals surface area contributed by atoms with Gasteiger partial charge in [0.05, 0.1) is 10.8 Å². The lowest BCUT2D eigenvalue weighted by atomic mass is 9.98. The van der Waals surface area contributed by atoms with Gasteiger partial charge in [0.2, 0.25) is 15.9 Å². The number of hydrogen-bond donors (Lipinski definition) is 1. The van der Waals surface area contributed by atoms with Crippen molar-refractivity contribution in [1.82, 2.24) is 9.21 Å². The molecule has 1 atom stereocenters. The van der Waals surface area contributed by atoms with Crippen molar-refractivity contribution in [3.8, 4) is 0 Å². The number of hydrogen-bond acceptors (Lipinski definition) is 4. The van der Waals surface area contributed by atoms with Crippen molar-refractivity contribution < 1.29 is 18.0 Å². The van der Waals surface area contributed by atoms with Crippen LogP contribution in [0.1, 0.15) is 23.2 Å². The molecule has 1 heterocycles. The summed E-state index contributed by atoms with van der Waals surface area (Å²) in [6, 6.07) is 13.2. The van der Waals surface area contributed by atoms with Crippen molar-refractivity contribution in [1.29, 1.82) is 0 Å². The van der Waals surface area contributed by atoms with Crippen LogP contribution in [0.5, 0.6) is 0 Å². The van der Waals surface area contributed by atoms with Crippen molar-refractivity contribution in [3.63, 3.8) is 0 Å². The average Bonchev–Trinajstić information content (AvgIpc) is 2.73. The molecule has 0 spiro atoms. The van der Waals surface area contributed by atoms with E-state index in [4.69, 9.17) is 0 Å². The molecule has 7 nitrogen and oxygen atoms in total. The number of carbonyl (C=O) groups excluding carboxylic acids is 2. The first kappa shape index (κ1) is 22.5. The summed E-state index contributed by atoms with van der Waals surface area (Å²) in [5.74, 6) is -0.868. The predicted octanol–water partition coefficient (Wildman–Crippen LogP) is 3.19. The van der Waals surface area contributed by atoms with E-state index < -0.39 is 15.9 Å². The molecule has 30 heavy (non-hydrogen) atoms. The van der Waals surface area contributed by atoms with Gasteiger partial charge < -0.3 is 10.2 Å². The second-order valence-corrected chi connectivity index (χ2v) is 10.3. The minimum atomic E-state index is -3.66. The summed E-state index contributed by atoms with van der Waals surface area (Å²) in [4.78, 5) is 26.6. The van der Waals surface area contributed by atoms with Crippen LogP contribution in [-0.4, -0.2) is 56.6 Å². The van der Waals surface area contributed by atoms with Crippen LogP contribution in [-0.2, 0) is 14.8 Å². The molecule has 0 saturated carbocycles. The number of halogens is 1. The lowest BCUT2D eigenvalue weighted by Gasteiger charge is -2.31. The number of amides is 2. The van der Waals surface area contributed by atoms with Gasteiger partial charge >= 0.3 is 0 Å². The summed E-state index contributed by atoms with van der Waals surface area (Å²) in [5, 5.41) is 2.83. The molecule has 0 aliphatic carbocycles. The van der Waals surface area contributed by atoms with E-state index in [-0.39, 0.29) is 23.3 Å². The maximum absolute atomic E-state index is 12.9. The number of nitrogens with one attached hydrogen (secondary N) is 1. The highest BCUT2D eigenvalue weighted by molar-refractivity contribution is 9.10. The highest BCUT2D eigenvalue weighted by Crippen LogP contribution is 2.26. The van der Waals surface area contributed by atoms with Gasteiger partial charge in [-0.15, -0.1) is 0 Å². The third-order valence-corrected chi connectivity index (χ3v) is 7.40. The van der Waals surface area contributed by atoms with Crippen molar-refractivity contribution >= 4 is 43.5 Å². The maximum atomic E-state index is 12.9. The van der Waals surface area contributed by atoms with E-state index in [0.717, 1.165) is 4.47 Å². The summed E-state index contributed by atoms with van der Waals surface area (Å²) in [6.07, 6.45) is 1.21. The van der Waals surface area contributed by atoms with E-state index in [9.17, 15) is 18.0 Å². The van der Waals surface area contributed by atoms with Crippen LogP contribution in [0.4, 0.5) is 5.69 Å². The van der Waals surface area contributed by atoms with Gasteiger partial charge in [-0.2, -0.15) is 4.31 Å². The number of rotatable bonds is 5. The molecule has 1 aliphatic rings. The van der Waals surface area contributed by atoms with Crippen molar-refractivity contribution in [2.45, 2.75) is 17.7 Å². The Balaban J connectivity index is 1.71. The molecule has 1 fully saturated rings. The van der Waals surface area contributed by atoms with Crippen LogP contribution >= 0.6 is 15.9 Å². The monoisotopic (exact) mass is 493 g/mol. The first-order valence-electron chi connectivity index (χ1n) is 9.57. The molecular formula is C21H24BrN3O4S. The van der Waals surface area contributed by atoms with Crippen LogP contribution < -0.4 is 5.32 Å². The van der Waals surface area contributed by atoms with Crippen LogP contribution in [0.3, 0.4) is 0 Å². The largest absolute Gasteiger partial charge is 0.345 e. The Morgan fingerprint density at radius 3 is 2.50 bits per heavy atom. The fourth-order valence-corrected chi connectivity index (χ4v) is 5.15. The fourth-order valence-electron chi connectivity index (χ4n) is 3.36. The van der Waals surface area contributed by atoms with E-state index in [1.165, 1.54) is 9.21 Å². The first-order chi connectivity index (χ1) is 14.2. The zero-order valence-electron chi connectivity index (χ0n) is 16.8. The number of benzene rings is 2. The smallest absolute Gasteiger partial charge is 0.253 e. The highest BCUT2D eigenvalue weighted by atomic mass is 79.9. The topological polar surface area (TPSA) is 86.8 Å². The molecule has 0 radical (unpaired) electrons. The van der Waals surface area contributed by atoms with Gasteiger partial charge in [-0.25, -0.2) is 8.42 Å². The Kier molecular flexibility index (Phi) is 6.95. The van der Waals surface area contributed by atoms with Crippen molar-refractivity contribution in [2.75, 3.05) is 32.5 Å². The zero-order valence-corrected chi connectivity index (χ0v) is 19.2. The molecule has 2 aromatic rings. The number of sulfonamides is 1. The van der Waals surface area contributed by atoms with Gasteiger partial charge in [-0.3, -0.25) is 9.59 Å². The Bertz CT molecular complexity index is 1040. The van der Waals surface area contributed by atoms with E-state index in [2.05, 4.69) is 21.2 Å². The third kappa shape index (κ3) is 5.08. The van der Waals surface area contributed by atoms with Crippen molar-refractivity contribution in [2.24, 2.45) is 5.92 Å². The van der Waals surface area contributed by atoms with E-state index in [1.807, 2.05) is 0 Å². The molecule has 2 aromatic carbocycles. The van der Waals surface area contributed by atoms with Gasteiger partial charge in [0, 0.05) is 42.9 Å². The molecule has 3 rings (SSSR count). The minimum absolute atomic E-state index is 0.126. The Morgan fingerprint density at radius 1 is 1.13 bits per heavy atom. The number of anilines is 1. The van der Waals surface area contributed by atoms with Crippen LogP contribution in [0.15, 0.2) is 57.9 Å². The Hall–Kier alpha value is -2.23. The number of nitrogens with zero attached hydrogens (tertiary/aromatic N) is 2. The Morgan fingerprint density at radius 2 is 1.83 bits per heavy atom. The summed E-state index contributed by atoms with van der Waals surface area (Å²) in [5.41, 5.74) is 0.987. The quantitative estimate of drug-likeness (QED) is 0.692. The van der Waals surface area contributed by atoms with Gasteiger partial charge in [0.25, 0.3) is 5.91 Å². The van der Waals surface area contributed by atoms with Crippen LogP contribution in [0.2, 0.25) is 0 Å². The molecule has 0 bridgehead atoms. The minimum Gasteiger partial charge on any atom is -0.345 e. The van der Waals surface area contributed by atoms with Crippen LogP contribution in [0, 0.1) is 5.92 Å². The van der Waals surface area contributed by atoms with E-state index >= 15 is 0 Å². The third-order valence-electron chi connectivity index (χ3n) is 4.99. The molecule has 0 aromatic heterocycles. The molecule has 9 heteroatoms. The Labute approximate surface area is 185 Å². The fraction of sp³-hybridized carbons (Fsp3) is 0.333. The SMILES string of the molecule is CN(C)C(=O)c1cccc(NC(=O)C2CCCN(S(=O)(=O)c3ccc(Br)cc3)C2)c1. The second kappa shape index (κ2) is 9.28. The molecule has 1 N–H and O–H groups in total. The molecule has 2 amide bonds. The molecule has 1 saturated heterocycles. The molecule has 1 unspecified atom stereocenters. The summed E-state index contributed by atoms with van der Waals surface area (Å²) in [7, 11) is -0.338. The van der Waals surface area contributed by atoms with Gasteiger partial charge in [-0.1, -0.05) is 22.0 Å². The van der Waals surface area contributed by atoms with Crippen LogP contribution in [0.25, 0.3) is 0 Å². The molecular weight excluding hydrogens is 470 g/mol. The standard InChI is InChI=1S/C21H24BrN3O4S/c1-24(2)21(27)15-5-3-7-18(13-15)23-20(26)16-6-4-12-25(14-16)30(28,29)19-10-8-17(22)9-11-19/h3,5,7-11,13,16H,4,6,12,14H2,1-2H3,(H,23,26). The lowest BCUT2D eigenvalue weighted by molar-refractivity contribution is -0.120. The second-order valence-electron chi connectivity index (χ2n) is 7.43. The van der Waals surface area contributed by atoms with Gasteiger partial charge in [0.1, 0.15) is 0 Å².